The molecule has 0 unspecified atom stereocenters. The maximum Gasteiger partial charge on any atom is 0.263 e. The van der Waals surface area contributed by atoms with Gasteiger partial charge in [0.25, 0.3) is 5.91 Å². The van der Waals surface area contributed by atoms with Crippen LogP contribution in [-0.2, 0) is 4.79 Å². The fourth-order valence-corrected chi connectivity index (χ4v) is 5.04. The van der Waals surface area contributed by atoms with Crippen LogP contribution in [0.15, 0.2) is 42.0 Å². The van der Waals surface area contributed by atoms with Crippen LogP contribution in [0.3, 0.4) is 0 Å². The number of carbonyl (C=O) groups is 2. The second-order valence-electron chi connectivity index (χ2n) is 6.86. The molecular formula is C19H21N3O2S. The number of hydrogen-bond donors (Lipinski definition) is 0. The Labute approximate surface area is 151 Å². The molecule has 4 rings (SSSR count). The number of hydrogen-bond acceptors (Lipinski definition) is 4. The van der Waals surface area contributed by atoms with Gasteiger partial charge in [-0.1, -0.05) is 6.07 Å². The van der Waals surface area contributed by atoms with Crippen molar-refractivity contribution in [2.45, 2.75) is 30.7 Å². The van der Waals surface area contributed by atoms with E-state index < -0.39 is 0 Å². The molecule has 0 N–H and O–H groups in total. The van der Waals surface area contributed by atoms with Gasteiger partial charge in [0.2, 0.25) is 5.91 Å². The van der Waals surface area contributed by atoms with Gasteiger partial charge in [0, 0.05) is 44.9 Å². The van der Waals surface area contributed by atoms with Crippen molar-refractivity contribution in [1.29, 1.82) is 0 Å². The van der Waals surface area contributed by atoms with Gasteiger partial charge in [-0.05, 0) is 42.0 Å². The van der Waals surface area contributed by atoms with Crippen molar-refractivity contribution in [2.75, 3.05) is 20.1 Å². The number of carbonyl (C=O) groups excluding carboxylic acids is 2. The van der Waals surface area contributed by atoms with Crippen LogP contribution >= 0.6 is 11.3 Å². The molecule has 2 aliphatic heterocycles. The van der Waals surface area contributed by atoms with Gasteiger partial charge in [-0.15, -0.1) is 11.3 Å². The number of aromatic nitrogens is 1. The van der Waals surface area contributed by atoms with Crippen LogP contribution in [0.1, 0.15) is 40.4 Å². The number of amides is 2. The summed E-state index contributed by atoms with van der Waals surface area (Å²) in [6.45, 7) is 1.38. The molecule has 0 aliphatic carbocycles. The summed E-state index contributed by atoms with van der Waals surface area (Å²) in [5.74, 6) is 0.476. The number of piperidine rings is 1. The summed E-state index contributed by atoms with van der Waals surface area (Å²) >= 11 is 1.48. The van der Waals surface area contributed by atoms with Gasteiger partial charge in [-0.2, -0.15) is 0 Å². The van der Waals surface area contributed by atoms with Crippen LogP contribution in [0.4, 0.5) is 0 Å². The monoisotopic (exact) mass is 355 g/mol. The highest BCUT2D eigenvalue weighted by Crippen LogP contribution is 2.48. The lowest BCUT2D eigenvalue weighted by molar-refractivity contribution is -0.130. The topological polar surface area (TPSA) is 53.5 Å². The Morgan fingerprint density at radius 2 is 1.96 bits per heavy atom. The molecule has 2 aromatic rings. The Balaban J connectivity index is 1.57. The van der Waals surface area contributed by atoms with Crippen molar-refractivity contribution in [1.82, 2.24) is 14.8 Å². The zero-order valence-electron chi connectivity index (χ0n) is 14.2. The second kappa shape index (κ2) is 6.26. The van der Waals surface area contributed by atoms with E-state index in [9.17, 15) is 9.59 Å². The summed E-state index contributed by atoms with van der Waals surface area (Å²) < 4.78 is 0. The van der Waals surface area contributed by atoms with E-state index in [0.29, 0.717) is 19.5 Å². The normalized spacial score (nSPS) is 22.6. The van der Waals surface area contributed by atoms with Crippen molar-refractivity contribution >= 4 is 23.2 Å². The maximum absolute atomic E-state index is 12.6. The number of pyridine rings is 1. The highest BCUT2D eigenvalue weighted by molar-refractivity contribution is 7.12. The quantitative estimate of drug-likeness (QED) is 0.832. The first-order valence-corrected chi connectivity index (χ1v) is 9.49. The highest BCUT2D eigenvalue weighted by Gasteiger charge is 2.52. The summed E-state index contributed by atoms with van der Waals surface area (Å²) in [6.07, 6.45) is 5.76. The fourth-order valence-electron chi connectivity index (χ4n) is 4.34. The number of rotatable bonds is 2. The van der Waals surface area contributed by atoms with Crippen LogP contribution in [0.2, 0.25) is 0 Å². The predicted molar refractivity (Wildman–Crippen MR) is 96.6 cm³/mol. The van der Waals surface area contributed by atoms with Gasteiger partial charge in [0.05, 0.1) is 10.4 Å². The molecule has 4 heterocycles. The van der Waals surface area contributed by atoms with Crippen molar-refractivity contribution < 1.29 is 9.59 Å². The van der Waals surface area contributed by atoms with Gasteiger partial charge >= 0.3 is 0 Å². The standard InChI is InChI=1S/C19H21N3O2S/c1-21-17(23)13-15(14-4-8-20-9-5-14)19(21)6-10-22(11-7-19)18(24)16-3-2-12-25-16/h2-5,8-9,12,15H,6-7,10-11,13H2,1H3/t15-/m1/s1. The Hall–Kier alpha value is -2.21. The molecule has 2 aliphatic rings. The molecule has 2 saturated heterocycles. The number of likely N-dealkylation sites (tertiary alicyclic amines) is 2. The van der Waals surface area contributed by atoms with Crippen LogP contribution < -0.4 is 0 Å². The van der Waals surface area contributed by atoms with Crippen LogP contribution in [-0.4, -0.2) is 52.3 Å². The van der Waals surface area contributed by atoms with E-state index in [0.717, 1.165) is 17.7 Å². The van der Waals surface area contributed by atoms with Crippen LogP contribution in [0.25, 0.3) is 0 Å². The molecule has 0 saturated carbocycles. The summed E-state index contributed by atoms with van der Waals surface area (Å²) in [7, 11) is 1.92. The van der Waals surface area contributed by atoms with Gasteiger partial charge in [-0.25, -0.2) is 0 Å². The lowest BCUT2D eigenvalue weighted by Gasteiger charge is -2.46. The number of likely N-dealkylation sites (N-methyl/N-ethyl adjacent to an activating group) is 1. The predicted octanol–water partition coefficient (Wildman–Crippen LogP) is 2.76. The SMILES string of the molecule is CN1C(=O)C[C@H](c2ccncc2)C12CCN(C(=O)c1cccs1)CC2. The van der Waals surface area contributed by atoms with E-state index in [1.807, 2.05) is 46.5 Å². The first kappa shape index (κ1) is 16.3. The maximum atomic E-state index is 12.6. The Morgan fingerprint density at radius 3 is 2.60 bits per heavy atom. The zero-order valence-corrected chi connectivity index (χ0v) is 15.0. The second-order valence-corrected chi connectivity index (χ2v) is 7.81. The third-order valence-corrected chi connectivity index (χ3v) is 6.68. The molecule has 1 spiro atoms. The molecular weight excluding hydrogens is 334 g/mol. The minimum atomic E-state index is -0.190. The smallest absolute Gasteiger partial charge is 0.263 e. The third kappa shape index (κ3) is 2.65. The number of nitrogens with zero attached hydrogens (tertiary/aromatic N) is 3. The molecule has 6 heteroatoms. The van der Waals surface area contributed by atoms with Crippen molar-refractivity contribution in [3.8, 4) is 0 Å². The fraction of sp³-hybridized carbons (Fsp3) is 0.421. The minimum Gasteiger partial charge on any atom is -0.339 e. The Bertz CT molecular complexity index is 767. The van der Waals surface area contributed by atoms with E-state index in [2.05, 4.69) is 4.98 Å². The van der Waals surface area contributed by atoms with E-state index >= 15 is 0 Å². The van der Waals surface area contributed by atoms with Crippen molar-refractivity contribution in [3.05, 3.63) is 52.5 Å². The highest BCUT2D eigenvalue weighted by atomic mass is 32.1. The molecule has 5 nitrogen and oxygen atoms in total. The summed E-state index contributed by atoms with van der Waals surface area (Å²) in [4.78, 5) is 33.8. The summed E-state index contributed by atoms with van der Waals surface area (Å²) in [6, 6.07) is 7.82. The van der Waals surface area contributed by atoms with Gasteiger partial charge in [0.15, 0.2) is 0 Å². The van der Waals surface area contributed by atoms with E-state index in [1.165, 1.54) is 16.9 Å². The first-order chi connectivity index (χ1) is 12.1. The third-order valence-electron chi connectivity index (χ3n) is 5.83. The van der Waals surface area contributed by atoms with Crippen LogP contribution in [0, 0.1) is 0 Å². The Kier molecular flexibility index (Phi) is 4.07. The lowest BCUT2D eigenvalue weighted by Crippen LogP contribution is -2.55. The van der Waals surface area contributed by atoms with E-state index in [1.54, 1.807) is 12.4 Å². The molecule has 0 radical (unpaired) electrons. The molecule has 0 aromatic carbocycles. The average Bonchev–Trinajstić information content (AvgIpc) is 3.27. The van der Waals surface area contributed by atoms with Gasteiger partial charge in [-0.3, -0.25) is 14.6 Å². The van der Waals surface area contributed by atoms with Gasteiger partial charge in [0.1, 0.15) is 0 Å². The van der Waals surface area contributed by atoms with Crippen LogP contribution in [0.5, 0.6) is 0 Å². The minimum absolute atomic E-state index is 0.109. The zero-order chi connectivity index (χ0) is 17.4. The molecule has 1 atom stereocenters. The van der Waals surface area contributed by atoms with Gasteiger partial charge < -0.3 is 9.80 Å². The van der Waals surface area contributed by atoms with E-state index in [-0.39, 0.29) is 23.3 Å². The lowest BCUT2D eigenvalue weighted by atomic mass is 9.74. The summed E-state index contributed by atoms with van der Waals surface area (Å²) in [5, 5.41) is 1.93. The average molecular weight is 355 g/mol. The van der Waals surface area contributed by atoms with Crippen molar-refractivity contribution in [2.24, 2.45) is 0 Å². The van der Waals surface area contributed by atoms with Crippen molar-refractivity contribution in [3.63, 3.8) is 0 Å². The first-order valence-electron chi connectivity index (χ1n) is 8.61. The van der Waals surface area contributed by atoms with E-state index in [4.69, 9.17) is 0 Å². The molecule has 2 aromatic heterocycles. The molecule has 0 bridgehead atoms. The molecule has 2 amide bonds. The molecule has 130 valence electrons. The largest absolute Gasteiger partial charge is 0.339 e. The number of thiophene rings is 1. The molecule has 25 heavy (non-hydrogen) atoms. The summed E-state index contributed by atoms with van der Waals surface area (Å²) in [5.41, 5.74) is 0.982. The Morgan fingerprint density at radius 1 is 1.24 bits per heavy atom. The molecule has 2 fully saturated rings.